The first-order valence-electron chi connectivity index (χ1n) is 9.94. The van der Waals surface area contributed by atoms with Crippen molar-refractivity contribution in [2.75, 3.05) is 0 Å². The van der Waals surface area contributed by atoms with E-state index in [4.69, 9.17) is 9.47 Å². The Kier molecular flexibility index (Phi) is 5.61. The highest BCUT2D eigenvalue weighted by atomic mass is 16.5. The molecule has 3 aromatic rings. The number of para-hydroxylation sites is 2. The molecule has 3 nitrogen and oxygen atoms in total. The van der Waals surface area contributed by atoms with Gasteiger partial charge in [-0.3, -0.25) is 0 Å². The number of ether oxygens (including phenoxy) is 2. The highest BCUT2D eigenvalue weighted by Crippen LogP contribution is 2.42. The molecule has 0 saturated heterocycles. The molecule has 1 N–H and O–H groups in total. The molecule has 0 bridgehead atoms. The summed E-state index contributed by atoms with van der Waals surface area (Å²) in [4.78, 5) is 0. The third kappa shape index (κ3) is 4.40. The molecule has 0 aromatic heterocycles. The largest absolute Gasteiger partial charge is 0.508 e. The van der Waals surface area contributed by atoms with E-state index in [-0.39, 0.29) is 5.75 Å². The molecule has 0 radical (unpaired) electrons. The number of benzene rings is 3. The van der Waals surface area contributed by atoms with Gasteiger partial charge in [0.2, 0.25) is 0 Å². The van der Waals surface area contributed by atoms with Crippen LogP contribution in [0, 0.1) is 13.8 Å². The highest BCUT2D eigenvalue weighted by Gasteiger charge is 2.36. The summed E-state index contributed by atoms with van der Waals surface area (Å²) in [5, 5.41) is 10.8. The van der Waals surface area contributed by atoms with E-state index in [9.17, 15) is 5.11 Å². The molecular weight excluding hydrogens is 360 g/mol. The summed E-state index contributed by atoms with van der Waals surface area (Å²) in [5.74, 6) is 1.82. The van der Waals surface area contributed by atoms with Gasteiger partial charge >= 0.3 is 0 Å². The van der Waals surface area contributed by atoms with Gasteiger partial charge in [-0.1, -0.05) is 48.5 Å². The lowest BCUT2D eigenvalue weighted by molar-refractivity contribution is 0.0793. The number of hydrogen-bond acceptors (Lipinski definition) is 3. The van der Waals surface area contributed by atoms with Crippen molar-refractivity contribution in [2.24, 2.45) is 0 Å². The standard InChI is InChI=1S/C26H30O3/c1-18-12-7-9-16-22(18)28-25(3,4)20-14-11-15-21(27)24(20)26(5,6)29-23-17-10-8-13-19(23)2/h7-17,27H,1-6H3. The molecule has 0 atom stereocenters. The summed E-state index contributed by atoms with van der Waals surface area (Å²) >= 11 is 0. The fraction of sp³-hybridized carbons (Fsp3) is 0.308. The maximum absolute atomic E-state index is 10.8. The lowest BCUT2D eigenvalue weighted by atomic mass is 9.84. The smallest absolute Gasteiger partial charge is 0.132 e. The van der Waals surface area contributed by atoms with Crippen LogP contribution in [0.2, 0.25) is 0 Å². The van der Waals surface area contributed by atoms with Crippen LogP contribution in [-0.2, 0) is 11.2 Å². The summed E-state index contributed by atoms with van der Waals surface area (Å²) in [6.45, 7) is 12.0. The molecule has 0 heterocycles. The molecule has 3 rings (SSSR count). The number of aromatic hydroxyl groups is 1. The molecule has 0 unspecified atom stereocenters. The van der Waals surface area contributed by atoms with Crippen molar-refractivity contribution in [2.45, 2.75) is 52.7 Å². The monoisotopic (exact) mass is 390 g/mol. The molecule has 29 heavy (non-hydrogen) atoms. The first-order chi connectivity index (χ1) is 13.6. The quantitative estimate of drug-likeness (QED) is 0.513. The fourth-order valence-corrected chi connectivity index (χ4v) is 3.67. The van der Waals surface area contributed by atoms with E-state index < -0.39 is 11.2 Å². The number of aryl methyl sites for hydroxylation is 2. The van der Waals surface area contributed by atoms with Gasteiger partial charge in [-0.25, -0.2) is 0 Å². The first-order valence-corrected chi connectivity index (χ1v) is 9.94. The number of hydrogen-bond donors (Lipinski definition) is 1. The van der Waals surface area contributed by atoms with Crippen LogP contribution in [0.5, 0.6) is 17.2 Å². The average Bonchev–Trinajstić information content (AvgIpc) is 2.65. The van der Waals surface area contributed by atoms with Crippen molar-refractivity contribution >= 4 is 0 Å². The zero-order chi connectivity index (χ0) is 21.2. The minimum Gasteiger partial charge on any atom is -0.508 e. The van der Waals surface area contributed by atoms with E-state index >= 15 is 0 Å². The van der Waals surface area contributed by atoms with Gasteiger partial charge in [0, 0.05) is 11.1 Å². The predicted molar refractivity (Wildman–Crippen MR) is 118 cm³/mol. The molecule has 0 fully saturated rings. The van der Waals surface area contributed by atoms with Gasteiger partial charge in [-0.15, -0.1) is 0 Å². The van der Waals surface area contributed by atoms with Crippen LogP contribution in [0.4, 0.5) is 0 Å². The third-order valence-electron chi connectivity index (χ3n) is 5.21. The second-order valence-corrected chi connectivity index (χ2v) is 8.46. The molecule has 152 valence electrons. The molecule has 0 amide bonds. The molecule has 0 aliphatic rings. The maximum Gasteiger partial charge on any atom is 0.132 e. The molecule has 3 heteroatoms. The van der Waals surface area contributed by atoms with Crippen LogP contribution >= 0.6 is 0 Å². The second kappa shape index (κ2) is 7.82. The van der Waals surface area contributed by atoms with Gasteiger partial charge in [0.05, 0.1) is 0 Å². The Hall–Kier alpha value is -2.94. The van der Waals surface area contributed by atoms with Crippen LogP contribution in [0.1, 0.15) is 49.9 Å². The first kappa shape index (κ1) is 20.8. The lowest BCUT2D eigenvalue weighted by Gasteiger charge is -2.36. The summed E-state index contributed by atoms with van der Waals surface area (Å²) in [6, 6.07) is 21.4. The van der Waals surface area contributed by atoms with Crippen LogP contribution in [0.3, 0.4) is 0 Å². The van der Waals surface area contributed by atoms with Gasteiger partial charge in [0.25, 0.3) is 0 Å². The molecule has 0 aliphatic carbocycles. The predicted octanol–water partition coefficient (Wildman–Crippen LogP) is 6.64. The highest BCUT2D eigenvalue weighted by molar-refractivity contribution is 5.47. The van der Waals surface area contributed by atoms with Gasteiger partial charge < -0.3 is 14.6 Å². The van der Waals surface area contributed by atoms with E-state index in [2.05, 4.69) is 0 Å². The number of phenolic OH excluding ortho intramolecular Hbond substituents is 1. The van der Waals surface area contributed by atoms with Crippen molar-refractivity contribution in [3.8, 4) is 17.2 Å². The Balaban J connectivity index is 2.04. The number of rotatable bonds is 6. The Morgan fingerprint density at radius 1 is 0.621 bits per heavy atom. The van der Waals surface area contributed by atoms with Crippen molar-refractivity contribution in [3.05, 3.63) is 89.0 Å². The topological polar surface area (TPSA) is 38.7 Å². The molecule has 3 aromatic carbocycles. The van der Waals surface area contributed by atoms with Crippen LogP contribution < -0.4 is 9.47 Å². The van der Waals surface area contributed by atoms with Gasteiger partial charge in [-0.05, 0) is 70.9 Å². The van der Waals surface area contributed by atoms with Crippen LogP contribution in [0.15, 0.2) is 66.7 Å². The zero-order valence-corrected chi connectivity index (χ0v) is 18.1. The van der Waals surface area contributed by atoms with Gasteiger partial charge in [0.15, 0.2) is 0 Å². The van der Waals surface area contributed by atoms with Crippen molar-refractivity contribution < 1.29 is 14.6 Å². The summed E-state index contributed by atoms with van der Waals surface area (Å²) in [6.07, 6.45) is 0. The van der Waals surface area contributed by atoms with E-state index in [1.165, 1.54) is 0 Å². The third-order valence-corrected chi connectivity index (χ3v) is 5.21. The second-order valence-electron chi connectivity index (χ2n) is 8.46. The number of phenols is 1. The Bertz CT molecular complexity index is 1000. The maximum atomic E-state index is 10.8. The minimum atomic E-state index is -0.765. The summed E-state index contributed by atoms with van der Waals surface area (Å²) < 4.78 is 12.8. The Labute approximate surface area is 173 Å². The van der Waals surface area contributed by atoms with Gasteiger partial charge in [0.1, 0.15) is 28.5 Å². The van der Waals surface area contributed by atoms with Crippen molar-refractivity contribution in [1.82, 2.24) is 0 Å². The van der Waals surface area contributed by atoms with E-state index in [1.54, 1.807) is 6.07 Å². The summed E-state index contributed by atoms with van der Waals surface area (Å²) in [5.41, 5.74) is 2.29. The normalized spacial score (nSPS) is 11.9. The molecule has 0 aliphatic heterocycles. The SMILES string of the molecule is Cc1ccccc1OC(C)(C)c1cccc(O)c1C(C)(C)Oc1ccccc1C. The fourth-order valence-electron chi connectivity index (χ4n) is 3.67. The van der Waals surface area contributed by atoms with Crippen molar-refractivity contribution in [3.63, 3.8) is 0 Å². The molecular formula is C26H30O3. The van der Waals surface area contributed by atoms with E-state index in [1.807, 2.05) is 102 Å². The Morgan fingerprint density at radius 2 is 1.10 bits per heavy atom. The molecule has 0 spiro atoms. The molecule has 0 saturated carbocycles. The van der Waals surface area contributed by atoms with E-state index in [0.29, 0.717) is 0 Å². The van der Waals surface area contributed by atoms with Gasteiger partial charge in [-0.2, -0.15) is 0 Å². The zero-order valence-electron chi connectivity index (χ0n) is 18.1. The van der Waals surface area contributed by atoms with Crippen LogP contribution in [0.25, 0.3) is 0 Å². The summed E-state index contributed by atoms with van der Waals surface area (Å²) in [7, 11) is 0. The lowest BCUT2D eigenvalue weighted by Crippen LogP contribution is -2.34. The van der Waals surface area contributed by atoms with E-state index in [0.717, 1.165) is 33.8 Å². The average molecular weight is 391 g/mol. The van der Waals surface area contributed by atoms with Crippen molar-refractivity contribution in [1.29, 1.82) is 0 Å². The minimum absolute atomic E-state index is 0.197. The van der Waals surface area contributed by atoms with Crippen LogP contribution in [-0.4, -0.2) is 5.11 Å². The Morgan fingerprint density at radius 3 is 1.62 bits per heavy atom.